The van der Waals surface area contributed by atoms with Crippen LogP contribution in [0, 0.1) is 5.92 Å². The second kappa shape index (κ2) is 7.39. The van der Waals surface area contributed by atoms with E-state index in [1.165, 1.54) is 0 Å². The molecule has 1 aliphatic rings. The zero-order valence-electron chi connectivity index (χ0n) is 11.9. The smallest absolute Gasteiger partial charge is 0.242 e. The molecule has 1 heterocycles. The number of unbranched alkanes of at least 4 members (excludes halogenated alkanes) is 1. The molecule has 1 rings (SSSR count). The maximum absolute atomic E-state index is 12.5. The molecule has 4 heteroatoms. The van der Waals surface area contributed by atoms with Crippen LogP contribution in [0.5, 0.6) is 0 Å². The molecule has 0 aromatic rings. The Morgan fingerprint density at radius 3 is 2.72 bits per heavy atom. The summed E-state index contributed by atoms with van der Waals surface area (Å²) < 4.78 is 0. The summed E-state index contributed by atoms with van der Waals surface area (Å²) in [6, 6.07) is -0.262. The second-order valence-corrected chi connectivity index (χ2v) is 4.99. The predicted octanol–water partition coefficient (Wildman–Crippen LogP) is 1.94. The van der Waals surface area contributed by atoms with E-state index in [0.29, 0.717) is 19.5 Å². The van der Waals surface area contributed by atoms with Crippen LogP contribution < -0.4 is 5.32 Å². The monoisotopic (exact) mass is 254 g/mol. The van der Waals surface area contributed by atoms with Crippen molar-refractivity contribution in [2.24, 2.45) is 5.92 Å². The lowest BCUT2D eigenvalue weighted by Crippen LogP contribution is -2.58. The lowest BCUT2D eigenvalue weighted by Gasteiger charge is -2.36. The molecule has 18 heavy (non-hydrogen) atoms. The van der Waals surface area contributed by atoms with E-state index in [2.05, 4.69) is 19.2 Å². The molecule has 0 radical (unpaired) electrons. The maximum atomic E-state index is 12.5. The first-order chi connectivity index (χ1) is 8.65. The normalized spacial score (nSPS) is 21.6. The minimum atomic E-state index is -0.262. The van der Waals surface area contributed by atoms with E-state index < -0.39 is 0 Å². The SMILES string of the molecule is CCCCC(CC)C(=O)N1CCNC(=O)C1CC. The minimum Gasteiger partial charge on any atom is -0.353 e. The van der Waals surface area contributed by atoms with E-state index in [1.54, 1.807) is 4.90 Å². The minimum absolute atomic E-state index is 0.00226. The second-order valence-electron chi connectivity index (χ2n) is 4.99. The highest BCUT2D eigenvalue weighted by molar-refractivity contribution is 5.89. The third-order valence-corrected chi connectivity index (χ3v) is 3.75. The highest BCUT2D eigenvalue weighted by atomic mass is 16.2. The van der Waals surface area contributed by atoms with Gasteiger partial charge in [0.1, 0.15) is 6.04 Å². The fraction of sp³-hybridized carbons (Fsp3) is 0.857. The van der Waals surface area contributed by atoms with Gasteiger partial charge < -0.3 is 10.2 Å². The van der Waals surface area contributed by atoms with Gasteiger partial charge in [-0.1, -0.05) is 33.6 Å². The predicted molar refractivity (Wildman–Crippen MR) is 72.1 cm³/mol. The summed E-state index contributed by atoms with van der Waals surface area (Å²) in [5.74, 6) is 0.264. The third kappa shape index (κ3) is 3.47. The Morgan fingerprint density at radius 2 is 2.17 bits per heavy atom. The summed E-state index contributed by atoms with van der Waals surface area (Å²) in [6.07, 6.45) is 4.71. The average Bonchev–Trinajstić information content (AvgIpc) is 2.39. The summed E-state index contributed by atoms with van der Waals surface area (Å²) in [5, 5.41) is 2.84. The molecule has 0 aliphatic carbocycles. The van der Waals surface area contributed by atoms with E-state index in [0.717, 1.165) is 25.7 Å². The molecule has 0 saturated carbocycles. The van der Waals surface area contributed by atoms with Crippen molar-refractivity contribution in [3.05, 3.63) is 0 Å². The van der Waals surface area contributed by atoms with Crippen LogP contribution in [-0.4, -0.2) is 35.8 Å². The van der Waals surface area contributed by atoms with Gasteiger partial charge in [-0.05, 0) is 19.3 Å². The van der Waals surface area contributed by atoms with Gasteiger partial charge in [-0.3, -0.25) is 9.59 Å². The molecule has 2 atom stereocenters. The Balaban J connectivity index is 2.69. The molecule has 1 fully saturated rings. The molecule has 104 valence electrons. The summed E-state index contributed by atoms with van der Waals surface area (Å²) in [5.41, 5.74) is 0. The molecule has 1 aliphatic heterocycles. The van der Waals surface area contributed by atoms with E-state index >= 15 is 0 Å². The topological polar surface area (TPSA) is 49.4 Å². The highest BCUT2D eigenvalue weighted by Crippen LogP contribution is 2.19. The molecule has 0 spiro atoms. The number of nitrogens with zero attached hydrogens (tertiary/aromatic N) is 1. The molecule has 0 bridgehead atoms. The first-order valence-electron chi connectivity index (χ1n) is 7.23. The first kappa shape index (κ1) is 15.0. The van der Waals surface area contributed by atoms with Crippen molar-refractivity contribution in [1.29, 1.82) is 0 Å². The van der Waals surface area contributed by atoms with Gasteiger partial charge in [-0.25, -0.2) is 0 Å². The summed E-state index contributed by atoms with van der Waals surface area (Å²) in [6.45, 7) is 7.41. The number of carbonyl (C=O) groups excluding carboxylic acids is 2. The van der Waals surface area contributed by atoms with Gasteiger partial charge in [0, 0.05) is 19.0 Å². The van der Waals surface area contributed by atoms with Gasteiger partial charge in [-0.15, -0.1) is 0 Å². The number of piperazine rings is 1. The van der Waals surface area contributed by atoms with E-state index in [1.807, 2.05) is 6.92 Å². The third-order valence-electron chi connectivity index (χ3n) is 3.75. The van der Waals surface area contributed by atoms with Crippen LogP contribution in [0.3, 0.4) is 0 Å². The number of rotatable bonds is 6. The van der Waals surface area contributed by atoms with Gasteiger partial charge >= 0.3 is 0 Å². The molecule has 1 saturated heterocycles. The quantitative estimate of drug-likeness (QED) is 0.787. The first-order valence-corrected chi connectivity index (χ1v) is 7.23. The molecule has 2 amide bonds. The van der Waals surface area contributed by atoms with Crippen molar-refractivity contribution in [2.75, 3.05) is 13.1 Å². The molecule has 0 aromatic heterocycles. The van der Waals surface area contributed by atoms with Crippen LogP contribution in [0.15, 0.2) is 0 Å². The summed E-state index contributed by atoms with van der Waals surface area (Å²) in [7, 11) is 0. The van der Waals surface area contributed by atoms with Crippen molar-refractivity contribution in [3.8, 4) is 0 Å². The fourth-order valence-electron chi connectivity index (χ4n) is 2.57. The Labute approximate surface area is 110 Å². The van der Waals surface area contributed by atoms with Crippen LogP contribution in [0.25, 0.3) is 0 Å². The van der Waals surface area contributed by atoms with Crippen LogP contribution >= 0.6 is 0 Å². The molecular weight excluding hydrogens is 228 g/mol. The number of carbonyl (C=O) groups is 2. The molecule has 2 unspecified atom stereocenters. The standard InChI is InChI=1S/C14H26N2O2/c1-4-7-8-11(5-2)14(18)16-10-9-15-13(17)12(16)6-3/h11-12H,4-10H2,1-3H3,(H,15,17). The van der Waals surface area contributed by atoms with Gasteiger partial charge in [0.25, 0.3) is 0 Å². The zero-order chi connectivity index (χ0) is 13.5. The van der Waals surface area contributed by atoms with Crippen molar-refractivity contribution in [3.63, 3.8) is 0 Å². The number of hydrogen-bond acceptors (Lipinski definition) is 2. The van der Waals surface area contributed by atoms with E-state index in [4.69, 9.17) is 0 Å². The lowest BCUT2D eigenvalue weighted by atomic mass is 9.96. The largest absolute Gasteiger partial charge is 0.353 e. The lowest BCUT2D eigenvalue weighted by molar-refractivity contribution is -0.146. The van der Waals surface area contributed by atoms with Gasteiger partial charge in [0.05, 0.1) is 0 Å². The van der Waals surface area contributed by atoms with E-state index in [9.17, 15) is 9.59 Å². The van der Waals surface area contributed by atoms with Crippen LogP contribution in [0.4, 0.5) is 0 Å². The summed E-state index contributed by atoms with van der Waals surface area (Å²) >= 11 is 0. The van der Waals surface area contributed by atoms with E-state index in [-0.39, 0.29) is 23.8 Å². The molecule has 1 N–H and O–H groups in total. The molecule has 0 aromatic carbocycles. The molecule has 4 nitrogen and oxygen atoms in total. The van der Waals surface area contributed by atoms with Gasteiger partial charge in [0.15, 0.2) is 0 Å². The van der Waals surface area contributed by atoms with Crippen molar-refractivity contribution < 1.29 is 9.59 Å². The zero-order valence-corrected chi connectivity index (χ0v) is 11.9. The Kier molecular flexibility index (Phi) is 6.16. The van der Waals surface area contributed by atoms with Gasteiger partial charge in [0.2, 0.25) is 11.8 Å². The van der Waals surface area contributed by atoms with Crippen LogP contribution in [0.2, 0.25) is 0 Å². The van der Waals surface area contributed by atoms with Gasteiger partial charge in [-0.2, -0.15) is 0 Å². The highest BCUT2D eigenvalue weighted by Gasteiger charge is 2.34. The Bertz CT molecular complexity index is 292. The number of amides is 2. The van der Waals surface area contributed by atoms with Crippen molar-refractivity contribution in [1.82, 2.24) is 10.2 Å². The Morgan fingerprint density at radius 1 is 1.44 bits per heavy atom. The molecular formula is C14H26N2O2. The summed E-state index contributed by atoms with van der Waals surface area (Å²) in [4.78, 5) is 26.1. The maximum Gasteiger partial charge on any atom is 0.242 e. The van der Waals surface area contributed by atoms with Crippen molar-refractivity contribution in [2.45, 2.75) is 58.9 Å². The fourth-order valence-corrected chi connectivity index (χ4v) is 2.57. The van der Waals surface area contributed by atoms with Crippen molar-refractivity contribution >= 4 is 11.8 Å². The van der Waals surface area contributed by atoms with Crippen LogP contribution in [-0.2, 0) is 9.59 Å². The number of nitrogens with one attached hydrogen (secondary N) is 1. The number of hydrogen-bond donors (Lipinski definition) is 1. The van der Waals surface area contributed by atoms with Crippen LogP contribution in [0.1, 0.15) is 52.9 Å². The average molecular weight is 254 g/mol. The Hall–Kier alpha value is -1.06.